The van der Waals surface area contributed by atoms with Crippen LogP contribution in [0, 0.1) is 13.8 Å². The highest BCUT2D eigenvalue weighted by molar-refractivity contribution is 7.13. The van der Waals surface area contributed by atoms with Crippen molar-refractivity contribution in [3.63, 3.8) is 0 Å². The number of thiazole rings is 1. The molecule has 4 rings (SSSR count). The fraction of sp³-hybridized carbons (Fsp3) is 0.286. The molecule has 5 nitrogen and oxygen atoms in total. The first-order valence-corrected chi connectivity index (χ1v) is 9.79. The van der Waals surface area contributed by atoms with Gasteiger partial charge < -0.3 is 9.64 Å². The fourth-order valence-corrected chi connectivity index (χ4v) is 4.16. The van der Waals surface area contributed by atoms with E-state index in [-0.39, 0.29) is 5.91 Å². The number of ether oxygens (including phenoxy) is 1. The largest absolute Gasteiger partial charge is 0.485 e. The van der Waals surface area contributed by atoms with Gasteiger partial charge in [-0.3, -0.25) is 9.78 Å². The van der Waals surface area contributed by atoms with E-state index in [1.807, 2.05) is 36.9 Å². The average molecular weight is 379 g/mol. The highest BCUT2D eigenvalue weighted by Gasteiger charge is 2.25. The lowest BCUT2D eigenvalue weighted by Crippen LogP contribution is -2.35. The molecule has 0 saturated carbocycles. The van der Waals surface area contributed by atoms with Crippen molar-refractivity contribution >= 4 is 17.2 Å². The van der Waals surface area contributed by atoms with Gasteiger partial charge in [0.2, 0.25) is 0 Å². The van der Waals surface area contributed by atoms with Gasteiger partial charge in [-0.25, -0.2) is 4.98 Å². The van der Waals surface area contributed by atoms with E-state index in [0.717, 1.165) is 29.4 Å². The number of pyridine rings is 1. The summed E-state index contributed by atoms with van der Waals surface area (Å²) in [5.74, 6) is 0.761. The van der Waals surface area contributed by atoms with Crippen LogP contribution in [0.2, 0.25) is 0 Å². The van der Waals surface area contributed by atoms with E-state index in [0.29, 0.717) is 23.8 Å². The number of nitrogens with zero attached hydrogens (tertiary/aromatic N) is 3. The minimum atomic E-state index is 0.0581. The molecule has 0 saturated heterocycles. The van der Waals surface area contributed by atoms with Gasteiger partial charge >= 0.3 is 0 Å². The second-order valence-corrected chi connectivity index (χ2v) is 7.78. The van der Waals surface area contributed by atoms with Crippen molar-refractivity contribution in [1.29, 1.82) is 0 Å². The van der Waals surface area contributed by atoms with Crippen LogP contribution in [0.5, 0.6) is 5.75 Å². The quantitative estimate of drug-likeness (QED) is 0.689. The first kappa shape index (κ1) is 17.7. The zero-order chi connectivity index (χ0) is 18.8. The Morgan fingerprint density at radius 3 is 2.78 bits per heavy atom. The van der Waals surface area contributed by atoms with Crippen LogP contribution in [0.4, 0.5) is 0 Å². The molecule has 0 aliphatic carbocycles. The van der Waals surface area contributed by atoms with Crippen LogP contribution < -0.4 is 4.74 Å². The van der Waals surface area contributed by atoms with Crippen LogP contribution in [-0.4, -0.2) is 27.3 Å². The van der Waals surface area contributed by atoms with Crippen LogP contribution in [-0.2, 0) is 19.6 Å². The third-order valence-electron chi connectivity index (χ3n) is 4.70. The number of hydrogen-bond acceptors (Lipinski definition) is 5. The molecule has 3 heterocycles. The number of rotatable bonds is 4. The predicted molar refractivity (Wildman–Crippen MR) is 105 cm³/mol. The lowest BCUT2D eigenvalue weighted by atomic mass is 10.00. The van der Waals surface area contributed by atoms with Gasteiger partial charge in [-0.15, -0.1) is 11.3 Å². The smallest absolute Gasteiger partial charge is 0.266 e. The van der Waals surface area contributed by atoms with Crippen molar-refractivity contribution in [2.45, 2.75) is 33.4 Å². The summed E-state index contributed by atoms with van der Waals surface area (Å²) in [6.07, 6.45) is 2.60. The highest BCUT2D eigenvalue weighted by atomic mass is 32.1. The first-order chi connectivity index (χ1) is 13.1. The summed E-state index contributed by atoms with van der Waals surface area (Å²) >= 11 is 1.42. The van der Waals surface area contributed by atoms with Crippen molar-refractivity contribution in [3.05, 3.63) is 75.0 Å². The van der Waals surface area contributed by atoms with Crippen molar-refractivity contribution in [1.82, 2.24) is 14.9 Å². The van der Waals surface area contributed by atoms with Gasteiger partial charge in [0.1, 0.15) is 22.2 Å². The molecule has 27 heavy (non-hydrogen) atoms. The molecular formula is C21H21N3O2S. The molecule has 1 aromatic carbocycles. The first-order valence-electron chi connectivity index (χ1n) is 8.98. The van der Waals surface area contributed by atoms with E-state index in [1.54, 1.807) is 6.20 Å². The summed E-state index contributed by atoms with van der Waals surface area (Å²) < 4.78 is 5.75. The molecular weight excluding hydrogens is 358 g/mol. The molecule has 1 aliphatic heterocycles. The number of aryl methyl sites for hydroxylation is 2. The molecule has 6 heteroatoms. The van der Waals surface area contributed by atoms with Crippen molar-refractivity contribution in [2.75, 3.05) is 6.54 Å². The molecule has 138 valence electrons. The maximum atomic E-state index is 13.0. The maximum absolute atomic E-state index is 13.0. The number of fused-ring (bicyclic) bond motifs is 1. The summed E-state index contributed by atoms with van der Waals surface area (Å²) in [6, 6.07) is 12.1. The molecule has 0 radical (unpaired) electrons. The Balaban J connectivity index is 1.45. The lowest BCUT2D eigenvalue weighted by Gasteiger charge is -2.28. The van der Waals surface area contributed by atoms with Crippen LogP contribution in [0.3, 0.4) is 0 Å². The standard InChI is InChI=1S/C21H21N3O2S/c1-14-7-8-18(11-22-14)26-13-19-23-15(2)20(27-19)21(25)24-10-9-16-5-3-4-6-17(16)12-24/h3-8,11H,9-10,12-13H2,1-2H3. The van der Waals surface area contributed by atoms with E-state index in [2.05, 4.69) is 28.2 Å². The highest BCUT2D eigenvalue weighted by Crippen LogP contribution is 2.25. The van der Waals surface area contributed by atoms with E-state index in [1.165, 1.54) is 22.5 Å². The normalized spacial score (nSPS) is 13.3. The number of benzene rings is 1. The summed E-state index contributed by atoms with van der Waals surface area (Å²) in [6.45, 7) is 5.57. The predicted octanol–water partition coefficient (Wildman–Crippen LogP) is 3.93. The van der Waals surface area contributed by atoms with Crippen molar-refractivity contribution in [3.8, 4) is 5.75 Å². The van der Waals surface area contributed by atoms with Gasteiger partial charge in [-0.2, -0.15) is 0 Å². The second kappa shape index (κ2) is 7.48. The monoisotopic (exact) mass is 379 g/mol. The summed E-state index contributed by atoms with van der Waals surface area (Å²) in [5, 5.41) is 0.800. The number of carbonyl (C=O) groups excluding carboxylic acids is 1. The lowest BCUT2D eigenvalue weighted by molar-refractivity contribution is 0.0738. The Morgan fingerprint density at radius 2 is 2.00 bits per heavy atom. The molecule has 1 amide bonds. The van der Waals surface area contributed by atoms with E-state index >= 15 is 0 Å². The maximum Gasteiger partial charge on any atom is 0.266 e. The van der Waals surface area contributed by atoms with Gasteiger partial charge in [0.25, 0.3) is 5.91 Å². The Hall–Kier alpha value is -2.73. The van der Waals surface area contributed by atoms with Crippen molar-refractivity contribution in [2.24, 2.45) is 0 Å². The van der Waals surface area contributed by atoms with Crippen LogP contribution in [0.25, 0.3) is 0 Å². The number of amides is 1. The molecule has 0 bridgehead atoms. The Morgan fingerprint density at radius 1 is 1.19 bits per heavy atom. The number of carbonyl (C=O) groups is 1. The summed E-state index contributed by atoms with van der Waals surface area (Å²) in [4.78, 5) is 24.4. The topological polar surface area (TPSA) is 55.3 Å². The zero-order valence-electron chi connectivity index (χ0n) is 15.4. The average Bonchev–Trinajstić information content (AvgIpc) is 3.07. The molecule has 0 N–H and O–H groups in total. The number of hydrogen-bond donors (Lipinski definition) is 0. The van der Waals surface area contributed by atoms with E-state index < -0.39 is 0 Å². The fourth-order valence-electron chi connectivity index (χ4n) is 3.21. The SMILES string of the molecule is Cc1ccc(OCc2nc(C)c(C(=O)N3CCc4ccccc4C3)s2)cn1. The molecule has 0 spiro atoms. The van der Waals surface area contributed by atoms with Crippen LogP contribution >= 0.6 is 11.3 Å². The Labute approximate surface area is 162 Å². The molecule has 3 aromatic rings. The van der Waals surface area contributed by atoms with Gasteiger partial charge in [0.05, 0.1) is 11.9 Å². The van der Waals surface area contributed by atoms with Gasteiger partial charge in [0, 0.05) is 18.8 Å². The third kappa shape index (κ3) is 3.85. The molecule has 0 unspecified atom stereocenters. The number of aromatic nitrogens is 2. The van der Waals surface area contributed by atoms with Gasteiger partial charge in [-0.1, -0.05) is 24.3 Å². The van der Waals surface area contributed by atoms with Crippen LogP contribution in [0.15, 0.2) is 42.6 Å². The molecule has 2 aromatic heterocycles. The molecule has 0 atom stereocenters. The second-order valence-electron chi connectivity index (χ2n) is 6.69. The van der Waals surface area contributed by atoms with Gasteiger partial charge in [0.15, 0.2) is 0 Å². The third-order valence-corrected chi connectivity index (χ3v) is 5.82. The Bertz CT molecular complexity index is 966. The van der Waals surface area contributed by atoms with Gasteiger partial charge in [-0.05, 0) is 43.5 Å². The minimum Gasteiger partial charge on any atom is -0.485 e. The zero-order valence-corrected chi connectivity index (χ0v) is 16.3. The van der Waals surface area contributed by atoms with Crippen LogP contribution in [0.1, 0.15) is 37.2 Å². The van der Waals surface area contributed by atoms with Crippen molar-refractivity contribution < 1.29 is 9.53 Å². The summed E-state index contributed by atoms with van der Waals surface area (Å²) in [7, 11) is 0. The Kier molecular flexibility index (Phi) is 4.90. The summed E-state index contributed by atoms with van der Waals surface area (Å²) in [5.41, 5.74) is 4.28. The molecule has 1 aliphatic rings. The minimum absolute atomic E-state index is 0.0581. The molecule has 0 fully saturated rings. The van der Waals surface area contributed by atoms with E-state index in [9.17, 15) is 4.79 Å². The van der Waals surface area contributed by atoms with E-state index in [4.69, 9.17) is 4.74 Å².